The Morgan fingerprint density at radius 2 is 2.00 bits per heavy atom. The molecule has 0 saturated carbocycles. The summed E-state index contributed by atoms with van der Waals surface area (Å²) >= 11 is 0. The van der Waals surface area contributed by atoms with E-state index in [-0.39, 0.29) is 0 Å². The maximum atomic E-state index is 12.6. The molecule has 2 N–H and O–H groups in total. The predicted octanol–water partition coefficient (Wildman–Crippen LogP) is 4.16. The highest BCUT2D eigenvalue weighted by Crippen LogP contribution is 2.30. The number of alkyl halides is 3. The molecule has 1 aromatic heterocycles. The van der Waals surface area contributed by atoms with E-state index < -0.39 is 17.8 Å². The van der Waals surface area contributed by atoms with Gasteiger partial charge in [-0.15, -0.1) is 0 Å². The van der Waals surface area contributed by atoms with Crippen LogP contribution >= 0.6 is 0 Å². The maximum absolute atomic E-state index is 12.6. The number of aromatic nitrogens is 2. The number of imidazole rings is 1. The van der Waals surface area contributed by atoms with E-state index in [4.69, 9.17) is 4.74 Å². The van der Waals surface area contributed by atoms with Crippen molar-refractivity contribution in [2.75, 3.05) is 13.2 Å². The van der Waals surface area contributed by atoms with E-state index in [1.165, 1.54) is 12.1 Å². The second kappa shape index (κ2) is 8.55. The van der Waals surface area contributed by atoms with Gasteiger partial charge in [-0.05, 0) is 24.1 Å². The molecule has 0 saturated heterocycles. The van der Waals surface area contributed by atoms with Crippen LogP contribution in [0.4, 0.5) is 18.0 Å². The normalized spacial score (nSPS) is 11.4. The van der Waals surface area contributed by atoms with Gasteiger partial charge in [0.15, 0.2) is 0 Å². The lowest BCUT2D eigenvalue weighted by Crippen LogP contribution is -2.27. The van der Waals surface area contributed by atoms with Crippen molar-refractivity contribution in [3.63, 3.8) is 0 Å². The van der Waals surface area contributed by atoms with Gasteiger partial charge in [-0.3, -0.25) is 0 Å². The molecule has 0 aliphatic carbocycles. The van der Waals surface area contributed by atoms with E-state index in [0.717, 1.165) is 25.0 Å². The van der Waals surface area contributed by atoms with Gasteiger partial charge >= 0.3 is 12.3 Å². The van der Waals surface area contributed by atoms with Gasteiger partial charge in [0.1, 0.15) is 5.82 Å². The molecule has 0 fully saturated rings. The number of aromatic amines is 1. The molecule has 136 valence electrons. The van der Waals surface area contributed by atoms with E-state index in [1.807, 2.05) is 6.92 Å². The van der Waals surface area contributed by atoms with Crippen LogP contribution in [0, 0.1) is 0 Å². The second-order valence-corrected chi connectivity index (χ2v) is 5.48. The first kappa shape index (κ1) is 18.8. The third-order valence-electron chi connectivity index (χ3n) is 3.51. The van der Waals surface area contributed by atoms with E-state index in [1.54, 1.807) is 6.20 Å². The van der Waals surface area contributed by atoms with Crippen LogP contribution in [0.5, 0.6) is 0 Å². The fourth-order valence-corrected chi connectivity index (χ4v) is 2.12. The van der Waals surface area contributed by atoms with Gasteiger partial charge in [-0.1, -0.05) is 25.5 Å². The Balaban J connectivity index is 1.85. The average molecular weight is 355 g/mol. The Morgan fingerprint density at radius 3 is 2.64 bits per heavy atom. The van der Waals surface area contributed by atoms with E-state index >= 15 is 0 Å². The molecule has 1 aromatic carbocycles. The number of H-pyrrole nitrogens is 1. The number of halogens is 3. The molecule has 0 aliphatic heterocycles. The van der Waals surface area contributed by atoms with Crippen LogP contribution in [0.15, 0.2) is 30.5 Å². The molecule has 5 nitrogen and oxygen atoms in total. The zero-order valence-electron chi connectivity index (χ0n) is 13.8. The minimum Gasteiger partial charge on any atom is -0.450 e. The van der Waals surface area contributed by atoms with Crippen LogP contribution < -0.4 is 5.32 Å². The first-order chi connectivity index (χ1) is 11.9. The minimum absolute atomic E-state index is 0.352. The lowest BCUT2D eigenvalue weighted by atomic mass is 10.1. The van der Waals surface area contributed by atoms with Crippen molar-refractivity contribution < 1.29 is 22.7 Å². The van der Waals surface area contributed by atoms with Gasteiger partial charge in [0.25, 0.3) is 0 Å². The summed E-state index contributed by atoms with van der Waals surface area (Å²) in [7, 11) is 0. The molecule has 1 amide bonds. The van der Waals surface area contributed by atoms with E-state index in [0.29, 0.717) is 36.7 Å². The van der Waals surface area contributed by atoms with Crippen molar-refractivity contribution in [1.82, 2.24) is 15.3 Å². The van der Waals surface area contributed by atoms with Gasteiger partial charge in [-0.25, -0.2) is 9.78 Å². The van der Waals surface area contributed by atoms with Crippen LogP contribution in [0.2, 0.25) is 0 Å². The summed E-state index contributed by atoms with van der Waals surface area (Å²) in [4.78, 5) is 18.6. The summed E-state index contributed by atoms with van der Waals surface area (Å²) < 4.78 is 42.7. The standard InChI is InChI=1S/C17H20F3N3O2/c1-2-3-10-25-16(24)21-9-8-15-22-11-14(23-15)12-4-6-13(7-5-12)17(18,19)20/h4-7,11H,2-3,8-10H2,1H3,(H,21,24)(H,22,23). The highest BCUT2D eigenvalue weighted by atomic mass is 19.4. The molecule has 0 aliphatic rings. The smallest absolute Gasteiger partial charge is 0.416 e. The van der Waals surface area contributed by atoms with Crippen molar-refractivity contribution in [2.45, 2.75) is 32.4 Å². The number of rotatable bonds is 7. The highest BCUT2D eigenvalue weighted by molar-refractivity contribution is 5.67. The summed E-state index contributed by atoms with van der Waals surface area (Å²) in [6, 6.07) is 4.85. The van der Waals surface area contributed by atoms with Crippen molar-refractivity contribution in [3.8, 4) is 11.3 Å². The Bertz CT molecular complexity index is 681. The topological polar surface area (TPSA) is 67.0 Å². The van der Waals surface area contributed by atoms with Crippen LogP contribution in [-0.2, 0) is 17.3 Å². The van der Waals surface area contributed by atoms with Crippen molar-refractivity contribution in [3.05, 3.63) is 41.9 Å². The van der Waals surface area contributed by atoms with Crippen LogP contribution in [0.25, 0.3) is 11.3 Å². The molecular formula is C17H20F3N3O2. The molecule has 0 spiro atoms. The number of nitrogens with one attached hydrogen (secondary N) is 2. The number of carbonyl (C=O) groups excluding carboxylic acids is 1. The quantitative estimate of drug-likeness (QED) is 0.733. The molecule has 0 radical (unpaired) electrons. The number of hydrogen-bond acceptors (Lipinski definition) is 3. The third-order valence-corrected chi connectivity index (χ3v) is 3.51. The Labute approximate surface area is 143 Å². The lowest BCUT2D eigenvalue weighted by Gasteiger charge is -2.06. The fourth-order valence-electron chi connectivity index (χ4n) is 2.12. The zero-order valence-corrected chi connectivity index (χ0v) is 13.8. The van der Waals surface area contributed by atoms with Crippen LogP contribution in [0.1, 0.15) is 31.2 Å². The third kappa shape index (κ3) is 5.81. The number of benzene rings is 1. The Kier molecular flexibility index (Phi) is 6.44. The molecular weight excluding hydrogens is 335 g/mol. The van der Waals surface area contributed by atoms with Crippen LogP contribution in [-0.4, -0.2) is 29.2 Å². The monoisotopic (exact) mass is 355 g/mol. The highest BCUT2D eigenvalue weighted by Gasteiger charge is 2.30. The summed E-state index contributed by atoms with van der Waals surface area (Å²) in [5, 5.41) is 2.62. The van der Waals surface area contributed by atoms with Gasteiger partial charge in [0.05, 0.1) is 24.1 Å². The number of unbranched alkanes of at least 4 members (excludes halogenated alkanes) is 1. The number of hydrogen-bond donors (Lipinski definition) is 2. The van der Waals surface area contributed by atoms with Crippen molar-refractivity contribution in [1.29, 1.82) is 0 Å². The SMILES string of the molecule is CCCCOC(=O)NCCc1ncc(-c2ccc(C(F)(F)F)cc2)[nH]1. The lowest BCUT2D eigenvalue weighted by molar-refractivity contribution is -0.137. The number of amides is 1. The summed E-state index contributed by atoms with van der Waals surface area (Å²) in [5.74, 6) is 0.628. The first-order valence-corrected chi connectivity index (χ1v) is 8.02. The minimum atomic E-state index is -4.35. The molecule has 2 aromatic rings. The number of ether oxygens (including phenoxy) is 1. The molecule has 0 unspecified atom stereocenters. The maximum Gasteiger partial charge on any atom is 0.416 e. The molecule has 25 heavy (non-hydrogen) atoms. The number of carbonyl (C=O) groups is 1. The largest absolute Gasteiger partial charge is 0.450 e. The number of nitrogens with zero attached hydrogens (tertiary/aromatic N) is 1. The molecule has 0 bridgehead atoms. The predicted molar refractivity (Wildman–Crippen MR) is 87.0 cm³/mol. The fraction of sp³-hybridized carbons (Fsp3) is 0.412. The van der Waals surface area contributed by atoms with Gasteiger partial charge in [0.2, 0.25) is 0 Å². The first-order valence-electron chi connectivity index (χ1n) is 8.02. The Hall–Kier alpha value is -2.51. The molecule has 2 rings (SSSR count). The summed E-state index contributed by atoms with van der Waals surface area (Å²) in [6.07, 6.45) is -1.03. The Morgan fingerprint density at radius 1 is 1.28 bits per heavy atom. The zero-order chi connectivity index (χ0) is 18.3. The number of alkyl carbamates (subject to hydrolysis) is 1. The second-order valence-electron chi connectivity index (χ2n) is 5.48. The van der Waals surface area contributed by atoms with Crippen LogP contribution in [0.3, 0.4) is 0 Å². The van der Waals surface area contributed by atoms with E-state index in [9.17, 15) is 18.0 Å². The summed E-state index contributed by atoms with van der Waals surface area (Å²) in [6.45, 7) is 2.75. The van der Waals surface area contributed by atoms with Gasteiger partial charge in [-0.2, -0.15) is 13.2 Å². The van der Waals surface area contributed by atoms with Gasteiger partial charge in [0, 0.05) is 13.0 Å². The van der Waals surface area contributed by atoms with Gasteiger partial charge < -0.3 is 15.0 Å². The van der Waals surface area contributed by atoms with E-state index in [2.05, 4.69) is 15.3 Å². The van der Waals surface area contributed by atoms with Crippen molar-refractivity contribution in [2.24, 2.45) is 0 Å². The van der Waals surface area contributed by atoms with Crippen molar-refractivity contribution >= 4 is 6.09 Å². The molecule has 1 heterocycles. The summed E-state index contributed by atoms with van der Waals surface area (Å²) in [5.41, 5.74) is 0.537. The average Bonchev–Trinajstić information content (AvgIpc) is 3.03. The molecule has 0 atom stereocenters. The molecule has 8 heteroatoms.